The molecule has 1 aliphatic rings. The van der Waals surface area contributed by atoms with E-state index in [1.807, 2.05) is 36.4 Å². The molecule has 3 rings (SSSR count). The molecule has 126 valence electrons. The maximum absolute atomic E-state index is 6.46. The van der Waals surface area contributed by atoms with Gasteiger partial charge in [-0.05, 0) is 42.2 Å². The number of benzene rings is 2. The average molecular weight is 363 g/mol. The van der Waals surface area contributed by atoms with Crippen molar-refractivity contribution in [3.8, 4) is 5.75 Å². The zero-order valence-electron chi connectivity index (χ0n) is 13.6. The minimum absolute atomic E-state index is 0.0140. The summed E-state index contributed by atoms with van der Waals surface area (Å²) in [6.07, 6.45) is 2.85. The van der Waals surface area contributed by atoms with E-state index in [9.17, 15) is 0 Å². The van der Waals surface area contributed by atoms with E-state index >= 15 is 0 Å². The first-order valence-electron chi connectivity index (χ1n) is 8.04. The summed E-state index contributed by atoms with van der Waals surface area (Å²) in [6.45, 7) is 0.886. The summed E-state index contributed by atoms with van der Waals surface area (Å²) >= 11 is 12.7. The Labute approximate surface area is 152 Å². The van der Waals surface area contributed by atoms with Crippen molar-refractivity contribution in [3.05, 3.63) is 63.6 Å². The van der Waals surface area contributed by atoms with Crippen molar-refractivity contribution < 1.29 is 4.74 Å². The number of methoxy groups -OCH3 is 1. The molecule has 0 fully saturated rings. The Morgan fingerprint density at radius 3 is 2.79 bits per heavy atom. The molecular formula is C19H20Cl2N2O. The lowest BCUT2D eigenvalue weighted by molar-refractivity contribution is 0.414. The third-order valence-corrected chi connectivity index (χ3v) is 4.98. The molecule has 1 N–H and O–H groups in total. The smallest absolute Gasteiger partial charge is 0.119 e. The molecule has 3 nitrogen and oxygen atoms in total. The number of hydrogen-bond donors (Lipinski definition) is 1. The van der Waals surface area contributed by atoms with Crippen LogP contribution in [0, 0.1) is 0 Å². The van der Waals surface area contributed by atoms with Crippen molar-refractivity contribution in [2.75, 3.05) is 13.7 Å². The average Bonchev–Trinajstić information content (AvgIpc) is 3.10. The first-order valence-corrected chi connectivity index (χ1v) is 8.79. The summed E-state index contributed by atoms with van der Waals surface area (Å²) in [5, 5.41) is 4.72. The third kappa shape index (κ3) is 4.03. The Kier molecular flexibility index (Phi) is 5.64. The van der Waals surface area contributed by atoms with Crippen LogP contribution in [0.1, 0.15) is 30.0 Å². The van der Waals surface area contributed by atoms with Gasteiger partial charge in [-0.15, -0.1) is 0 Å². The standard InChI is InChI=1S/C19H20Cl2N2O/c1-24-14-6-2-5-13(11-14)12-17(23-18-9-4-10-22-18)15-7-3-8-16(20)19(15)21/h2-3,5-8,11,17H,4,9-10,12H2,1H3,(H,22,23). The second-order valence-electron chi connectivity index (χ2n) is 5.83. The van der Waals surface area contributed by atoms with Crippen LogP contribution in [-0.2, 0) is 6.42 Å². The zero-order valence-corrected chi connectivity index (χ0v) is 15.1. The van der Waals surface area contributed by atoms with E-state index in [2.05, 4.69) is 16.4 Å². The van der Waals surface area contributed by atoms with E-state index in [4.69, 9.17) is 27.9 Å². The molecule has 1 unspecified atom stereocenters. The molecule has 1 atom stereocenters. The highest BCUT2D eigenvalue weighted by atomic mass is 35.5. The number of ether oxygens (including phenoxy) is 1. The van der Waals surface area contributed by atoms with Crippen LogP contribution in [0.15, 0.2) is 47.5 Å². The highest BCUT2D eigenvalue weighted by Crippen LogP contribution is 2.32. The Morgan fingerprint density at radius 2 is 2.04 bits per heavy atom. The van der Waals surface area contributed by atoms with Crippen LogP contribution in [0.25, 0.3) is 0 Å². The van der Waals surface area contributed by atoms with Gasteiger partial charge in [-0.3, -0.25) is 4.99 Å². The molecule has 0 aromatic heterocycles. The lowest BCUT2D eigenvalue weighted by Crippen LogP contribution is -2.29. The summed E-state index contributed by atoms with van der Waals surface area (Å²) in [6, 6.07) is 13.8. The lowest BCUT2D eigenvalue weighted by Gasteiger charge is -2.22. The zero-order chi connectivity index (χ0) is 16.9. The Morgan fingerprint density at radius 1 is 1.21 bits per heavy atom. The van der Waals surface area contributed by atoms with Crippen LogP contribution in [-0.4, -0.2) is 19.5 Å². The van der Waals surface area contributed by atoms with Crippen molar-refractivity contribution >= 4 is 29.0 Å². The monoisotopic (exact) mass is 362 g/mol. The third-order valence-electron chi connectivity index (χ3n) is 4.15. The number of nitrogens with zero attached hydrogens (tertiary/aromatic N) is 1. The van der Waals surface area contributed by atoms with Gasteiger partial charge < -0.3 is 10.1 Å². The predicted octanol–water partition coefficient (Wildman–Crippen LogP) is 5.07. The molecule has 0 bridgehead atoms. The molecular weight excluding hydrogens is 343 g/mol. The van der Waals surface area contributed by atoms with E-state index in [-0.39, 0.29) is 6.04 Å². The maximum Gasteiger partial charge on any atom is 0.119 e. The quantitative estimate of drug-likeness (QED) is 0.805. The van der Waals surface area contributed by atoms with E-state index < -0.39 is 0 Å². The van der Waals surface area contributed by atoms with Crippen molar-refractivity contribution in [2.45, 2.75) is 25.3 Å². The summed E-state index contributed by atoms with van der Waals surface area (Å²) in [5.41, 5.74) is 2.16. The van der Waals surface area contributed by atoms with Crippen molar-refractivity contribution in [2.24, 2.45) is 4.99 Å². The Hall–Kier alpha value is -1.71. The van der Waals surface area contributed by atoms with Gasteiger partial charge >= 0.3 is 0 Å². The van der Waals surface area contributed by atoms with E-state index in [1.54, 1.807) is 7.11 Å². The molecule has 0 radical (unpaired) electrons. The summed E-state index contributed by atoms with van der Waals surface area (Å²) in [4.78, 5) is 4.53. The fraction of sp³-hybridized carbons (Fsp3) is 0.316. The topological polar surface area (TPSA) is 33.6 Å². The fourth-order valence-electron chi connectivity index (χ4n) is 2.92. The fourth-order valence-corrected chi connectivity index (χ4v) is 3.36. The van der Waals surface area contributed by atoms with Crippen molar-refractivity contribution in [3.63, 3.8) is 0 Å². The van der Waals surface area contributed by atoms with E-state index in [0.717, 1.165) is 43.0 Å². The number of rotatable bonds is 5. The number of halogens is 2. The van der Waals surface area contributed by atoms with Crippen molar-refractivity contribution in [1.29, 1.82) is 0 Å². The first kappa shape index (κ1) is 17.1. The molecule has 0 aliphatic carbocycles. The van der Waals surface area contributed by atoms with Gasteiger partial charge in [0.2, 0.25) is 0 Å². The van der Waals surface area contributed by atoms with Gasteiger partial charge in [0.15, 0.2) is 0 Å². The molecule has 1 heterocycles. The van der Waals surface area contributed by atoms with E-state index in [1.165, 1.54) is 5.56 Å². The van der Waals surface area contributed by atoms with Gasteiger partial charge in [0.25, 0.3) is 0 Å². The van der Waals surface area contributed by atoms with Crippen LogP contribution in [0.3, 0.4) is 0 Å². The highest BCUT2D eigenvalue weighted by molar-refractivity contribution is 6.42. The number of nitrogens with one attached hydrogen (secondary N) is 1. The van der Waals surface area contributed by atoms with Gasteiger partial charge in [0, 0.05) is 13.0 Å². The normalized spacial score (nSPS) is 15.0. The molecule has 0 amide bonds. The first-order chi connectivity index (χ1) is 11.7. The number of aliphatic imine (C=N–C) groups is 1. The minimum atomic E-state index is 0.0140. The largest absolute Gasteiger partial charge is 0.497 e. The molecule has 2 aromatic carbocycles. The van der Waals surface area contributed by atoms with Gasteiger partial charge in [-0.25, -0.2) is 0 Å². The highest BCUT2D eigenvalue weighted by Gasteiger charge is 2.20. The molecule has 2 aromatic rings. The molecule has 5 heteroatoms. The second kappa shape index (κ2) is 7.91. The summed E-state index contributed by atoms with van der Waals surface area (Å²) < 4.78 is 5.33. The molecule has 0 spiro atoms. The van der Waals surface area contributed by atoms with Crippen LogP contribution < -0.4 is 10.1 Å². The number of hydrogen-bond acceptors (Lipinski definition) is 3. The van der Waals surface area contributed by atoms with Crippen LogP contribution >= 0.6 is 23.2 Å². The number of amidine groups is 1. The molecule has 0 saturated heterocycles. The predicted molar refractivity (Wildman–Crippen MR) is 101 cm³/mol. The minimum Gasteiger partial charge on any atom is -0.497 e. The van der Waals surface area contributed by atoms with Crippen LogP contribution in [0.2, 0.25) is 10.0 Å². The van der Waals surface area contributed by atoms with Gasteiger partial charge in [-0.1, -0.05) is 47.5 Å². The lowest BCUT2D eigenvalue weighted by atomic mass is 9.98. The van der Waals surface area contributed by atoms with Crippen LogP contribution in [0.4, 0.5) is 0 Å². The Bertz CT molecular complexity index is 746. The van der Waals surface area contributed by atoms with Crippen LogP contribution in [0.5, 0.6) is 5.75 Å². The SMILES string of the molecule is COc1cccc(CC(NC2=NCCC2)c2cccc(Cl)c2Cl)c1. The van der Waals surface area contributed by atoms with Gasteiger partial charge in [0.05, 0.1) is 29.0 Å². The van der Waals surface area contributed by atoms with Gasteiger partial charge in [-0.2, -0.15) is 0 Å². The van der Waals surface area contributed by atoms with Crippen molar-refractivity contribution in [1.82, 2.24) is 5.32 Å². The molecule has 0 saturated carbocycles. The Balaban J connectivity index is 1.90. The van der Waals surface area contributed by atoms with E-state index in [0.29, 0.717) is 10.0 Å². The molecule has 24 heavy (non-hydrogen) atoms. The maximum atomic E-state index is 6.46. The van der Waals surface area contributed by atoms with Gasteiger partial charge in [0.1, 0.15) is 5.75 Å². The second-order valence-corrected chi connectivity index (χ2v) is 6.61. The summed E-state index contributed by atoms with van der Waals surface area (Å²) in [7, 11) is 1.68. The summed E-state index contributed by atoms with van der Waals surface area (Å²) in [5.74, 6) is 1.89. The molecule has 1 aliphatic heterocycles.